The Morgan fingerprint density at radius 1 is 1.43 bits per heavy atom. The van der Waals surface area contributed by atoms with Gasteiger partial charge in [-0.3, -0.25) is 5.84 Å². The first-order valence-corrected chi connectivity index (χ1v) is 5.22. The van der Waals surface area contributed by atoms with Crippen molar-refractivity contribution in [1.82, 2.24) is 5.43 Å². The van der Waals surface area contributed by atoms with Crippen molar-refractivity contribution >= 4 is 0 Å². The minimum absolute atomic E-state index is 0.135. The highest BCUT2D eigenvalue weighted by atomic mass is 16.3. The molecule has 0 fully saturated rings. The van der Waals surface area contributed by atoms with Gasteiger partial charge in [-0.05, 0) is 24.5 Å². The average Bonchev–Trinajstić information content (AvgIpc) is 2.62. The summed E-state index contributed by atoms with van der Waals surface area (Å²) >= 11 is 0. The zero-order chi connectivity index (χ0) is 10.6. The van der Waals surface area contributed by atoms with Crippen molar-refractivity contribution < 1.29 is 4.42 Å². The van der Waals surface area contributed by atoms with Crippen LogP contribution in [-0.2, 0) is 6.42 Å². The second-order valence-corrected chi connectivity index (χ2v) is 4.01. The number of rotatable bonds is 5. The molecule has 0 radical (unpaired) electrons. The van der Waals surface area contributed by atoms with Crippen LogP contribution in [0.3, 0.4) is 0 Å². The van der Waals surface area contributed by atoms with Gasteiger partial charge in [0, 0.05) is 6.42 Å². The number of hydrogen-bond donors (Lipinski definition) is 2. The lowest BCUT2D eigenvalue weighted by atomic mass is 10.0. The molecule has 14 heavy (non-hydrogen) atoms. The summed E-state index contributed by atoms with van der Waals surface area (Å²) in [6, 6.07) is 4.15. The maximum Gasteiger partial charge on any atom is 0.122 e. The number of furan rings is 1. The smallest absolute Gasteiger partial charge is 0.122 e. The number of nitrogens with two attached hydrogens (primary N) is 1. The van der Waals surface area contributed by atoms with E-state index in [1.807, 2.05) is 12.1 Å². The molecule has 1 heterocycles. The predicted molar refractivity (Wildman–Crippen MR) is 57.6 cm³/mol. The highest BCUT2D eigenvalue weighted by Gasteiger charge is 2.14. The maximum absolute atomic E-state index is 5.64. The molecule has 0 amide bonds. The third-order valence-electron chi connectivity index (χ3n) is 2.28. The highest BCUT2D eigenvalue weighted by Crippen LogP contribution is 2.22. The molecule has 1 atom stereocenters. The number of nitrogens with one attached hydrogen (secondary N) is 1. The van der Waals surface area contributed by atoms with E-state index in [1.54, 1.807) is 0 Å². The summed E-state index contributed by atoms with van der Waals surface area (Å²) in [6.45, 7) is 6.43. The van der Waals surface area contributed by atoms with Crippen molar-refractivity contribution in [3.8, 4) is 0 Å². The fourth-order valence-corrected chi connectivity index (χ4v) is 1.51. The largest absolute Gasteiger partial charge is 0.464 e. The zero-order valence-electron chi connectivity index (χ0n) is 9.21. The van der Waals surface area contributed by atoms with E-state index in [0.717, 1.165) is 24.4 Å². The minimum Gasteiger partial charge on any atom is -0.464 e. The Labute approximate surface area is 85.6 Å². The first kappa shape index (κ1) is 11.3. The molecule has 3 nitrogen and oxygen atoms in total. The summed E-state index contributed by atoms with van der Waals surface area (Å²) in [5.41, 5.74) is 2.79. The van der Waals surface area contributed by atoms with Gasteiger partial charge in [0.15, 0.2) is 0 Å². The van der Waals surface area contributed by atoms with Crippen LogP contribution in [0.1, 0.15) is 44.8 Å². The van der Waals surface area contributed by atoms with Crippen molar-refractivity contribution in [3.05, 3.63) is 23.7 Å². The van der Waals surface area contributed by atoms with Crippen molar-refractivity contribution in [2.75, 3.05) is 0 Å². The molecule has 0 aromatic carbocycles. The van der Waals surface area contributed by atoms with E-state index in [0.29, 0.717) is 5.92 Å². The van der Waals surface area contributed by atoms with Gasteiger partial charge in [-0.1, -0.05) is 20.8 Å². The molecule has 0 bridgehead atoms. The van der Waals surface area contributed by atoms with Crippen LogP contribution in [0.2, 0.25) is 0 Å². The first-order chi connectivity index (χ1) is 6.67. The molecule has 1 rings (SSSR count). The van der Waals surface area contributed by atoms with Crippen LogP contribution < -0.4 is 11.3 Å². The minimum atomic E-state index is 0.135. The predicted octanol–water partition coefficient (Wildman–Crippen LogP) is 2.39. The normalized spacial score (nSPS) is 13.5. The van der Waals surface area contributed by atoms with E-state index < -0.39 is 0 Å². The summed E-state index contributed by atoms with van der Waals surface area (Å²) < 4.78 is 5.64. The van der Waals surface area contributed by atoms with Crippen molar-refractivity contribution in [2.24, 2.45) is 11.8 Å². The van der Waals surface area contributed by atoms with E-state index in [1.165, 1.54) is 0 Å². The Hall–Kier alpha value is -0.800. The van der Waals surface area contributed by atoms with Gasteiger partial charge < -0.3 is 4.42 Å². The lowest BCUT2D eigenvalue weighted by molar-refractivity contribution is 0.354. The van der Waals surface area contributed by atoms with Crippen LogP contribution in [0.4, 0.5) is 0 Å². The molecule has 0 aliphatic heterocycles. The standard InChI is InChI=1S/C11H20N2O/c1-4-9-5-6-11(14-9)10(13-12)7-8(2)3/h5-6,8,10,13H,4,7,12H2,1-3H3. The van der Waals surface area contributed by atoms with Gasteiger partial charge in [-0.25, -0.2) is 5.43 Å². The van der Waals surface area contributed by atoms with E-state index >= 15 is 0 Å². The molecule has 1 aromatic rings. The Balaban J connectivity index is 2.68. The van der Waals surface area contributed by atoms with Gasteiger partial charge in [0.25, 0.3) is 0 Å². The fraction of sp³-hybridized carbons (Fsp3) is 0.636. The molecule has 0 aliphatic rings. The zero-order valence-corrected chi connectivity index (χ0v) is 9.21. The van der Waals surface area contributed by atoms with Gasteiger partial charge in [0.1, 0.15) is 11.5 Å². The second kappa shape index (κ2) is 5.17. The van der Waals surface area contributed by atoms with Gasteiger partial charge in [-0.2, -0.15) is 0 Å². The Bertz CT molecular complexity index is 268. The third-order valence-corrected chi connectivity index (χ3v) is 2.28. The first-order valence-electron chi connectivity index (χ1n) is 5.22. The third kappa shape index (κ3) is 2.86. The number of aryl methyl sites for hydroxylation is 1. The molecular formula is C11H20N2O. The Kier molecular flexibility index (Phi) is 4.17. The highest BCUT2D eigenvalue weighted by molar-refractivity contribution is 5.10. The van der Waals surface area contributed by atoms with Crippen LogP contribution in [0.15, 0.2) is 16.5 Å². The molecule has 1 aromatic heterocycles. The summed E-state index contributed by atoms with van der Waals surface area (Å²) in [5, 5.41) is 0. The summed E-state index contributed by atoms with van der Waals surface area (Å²) in [6.07, 6.45) is 1.92. The molecule has 1 unspecified atom stereocenters. The lowest BCUT2D eigenvalue weighted by Gasteiger charge is -2.15. The van der Waals surface area contributed by atoms with Gasteiger partial charge in [0.05, 0.1) is 6.04 Å². The van der Waals surface area contributed by atoms with Crippen molar-refractivity contribution in [1.29, 1.82) is 0 Å². The average molecular weight is 196 g/mol. The molecule has 0 spiro atoms. The van der Waals surface area contributed by atoms with Crippen LogP contribution >= 0.6 is 0 Å². The molecule has 0 aliphatic carbocycles. The molecule has 3 N–H and O–H groups in total. The van der Waals surface area contributed by atoms with E-state index in [9.17, 15) is 0 Å². The molecule has 0 saturated heterocycles. The Morgan fingerprint density at radius 2 is 2.14 bits per heavy atom. The SMILES string of the molecule is CCc1ccc(C(CC(C)C)NN)o1. The van der Waals surface area contributed by atoms with Crippen LogP contribution in [-0.4, -0.2) is 0 Å². The van der Waals surface area contributed by atoms with E-state index in [4.69, 9.17) is 10.3 Å². The van der Waals surface area contributed by atoms with Crippen LogP contribution in [0.5, 0.6) is 0 Å². The summed E-state index contributed by atoms with van der Waals surface area (Å²) in [5.74, 6) is 8.06. The van der Waals surface area contributed by atoms with E-state index in [-0.39, 0.29) is 6.04 Å². The molecular weight excluding hydrogens is 176 g/mol. The number of hydrogen-bond acceptors (Lipinski definition) is 3. The maximum atomic E-state index is 5.64. The monoisotopic (exact) mass is 196 g/mol. The summed E-state index contributed by atoms with van der Waals surface area (Å²) in [4.78, 5) is 0. The molecule has 3 heteroatoms. The van der Waals surface area contributed by atoms with Crippen LogP contribution in [0, 0.1) is 5.92 Å². The summed E-state index contributed by atoms with van der Waals surface area (Å²) in [7, 11) is 0. The van der Waals surface area contributed by atoms with E-state index in [2.05, 4.69) is 26.2 Å². The topological polar surface area (TPSA) is 51.2 Å². The Morgan fingerprint density at radius 3 is 2.57 bits per heavy atom. The van der Waals surface area contributed by atoms with Crippen LogP contribution in [0.25, 0.3) is 0 Å². The van der Waals surface area contributed by atoms with Crippen molar-refractivity contribution in [3.63, 3.8) is 0 Å². The quantitative estimate of drug-likeness (QED) is 0.561. The second-order valence-electron chi connectivity index (χ2n) is 4.01. The lowest BCUT2D eigenvalue weighted by Crippen LogP contribution is -2.28. The van der Waals surface area contributed by atoms with Gasteiger partial charge in [-0.15, -0.1) is 0 Å². The number of hydrazine groups is 1. The molecule has 0 saturated carbocycles. The van der Waals surface area contributed by atoms with Gasteiger partial charge >= 0.3 is 0 Å². The van der Waals surface area contributed by atoms with Crippen molar-refractivity contribution in [2.45, 2.75) is 39.7 Å². The fourth-order valence-electron chi connectivity index (χ4n) is 1.51. The van der Waals surface area contributed by atoms with Gasteiger partial charge in [0.2, 0.25) is 0 Å². The molecule has 80 valence electrons.